The molecule has 0 aliphatic carbocycles. The Balaban J connectivity index is 1.43. The van der Waals surface area contributed by atoms with Crippen LogP contribution in [-0.4, -0.2) is 193 Å². The van der Waals surface area contributed by atoms with E-state index in [0.29, 0.717) is 0 Å². The molecule has 4 heterocycles. The van der Waals surface area contributed by atoms with E-state index in [-0.39, 0.29) is 45.6 Å². The van der Waals surface area contributed by atoms with Gasteiger partial charge < -0.3 is 109 Å². The number of phenolic OH excluding ortho intramolecular Hbond substituents is 2. The SMILES string of the molecule is COc1cc(C2Oc3cc(O)cc(OC4OC(CO)C(O)C(O)C4O)c3C=C2OC2OC(CO)C(O)C(O)C2OC2OC(CO)C(O)C(O)C2O)cc(OC)c1O. The van der Waals surface area contributed by atoms with Crippen molar-refractivity contribution in [1.29, 1.82) is 0 Å². The molecule has 22 heteroatoms. The predicted molar refractivity (Wildman–Crippen MR) is 183 cm³/mol. The van der Waals surface area contributed by atoms with Gasteiger partial charge in [0, 0.05) is 17.7 Å². The van der Waals surface area contributed by atoms with Gasteiger partial charge in [0.2, 0.25) is 18.3 Å². The quantitative estimate of drug-likeness (QED) is 0.0958. The zero-order valence-electron chi connectivity index (χ0n) is 30.2. The lowest BCUT2D eigenvalue weighted by molar-refractivity contribution is -0.364. The molecule has 0 spiro atoms. The van der Waals surface area contributed by atoms with Gasteiger partial charge in [-0.05, 0) is 18.2 Å². The molecule has 0 bridgehead atoms. The van der Waals surface area contributed by atoms with E-state index in [0.717, 1.165) is 6.07 Å². The molecule has 318 valence electrons. The Labute approximate surface area is 323 Å². The highest BCUT2D eigenvalue weighted by Gasteiger charge is 2.52. The fourth-order valence-corrected chi connectivity index (χ4v) is 6.78. The Morgan fingerprint density at radius 3 is 1.61 bits per heavy atom. The van der Waals surface area contributed by atoms with Crippen LogP contribution in [0, 0.1) is 0 Å². The summed E-state index contributed by atoms with van der Waals surface area (Å²) < 4.78 is 51.7. The summed E-state index contributed by atoms with van der Waals surface area (Å²) in [7, 11) is 2.53. The Bertz CT molecular complexity index is 1700. The third kappa shape index (κ3) is 8.25. The number of aliphatic hydroxyl groups is 11. The molecule has 16 atom stereocenters. The molecule has 0 amide bonds. The number of hydrogen-bond donors (Lipinski definition) is 13. The molecule has 22 nitrogen and oxygen atoms in total. The molecule has 0 aromatic heterocycles. The summed E-state index contributed by atoms with van der Waals surface area (Å²) in [4.78, 5) is 0. The molecular formula is C35H46O22. The van der Waals surface area contributed by atoms with E-state index in [1.54, 1.807) is 0 Å². The summed E-state index contributed by atoms with van der Waals surface area (Å²) in [6.45, 7) is -2.44. The number of fused-ring (bicyclic) bond motifs is 1. The second kappa shape index (κ2) is 17.6. The number of benzene rings is 2. The monoisotopic (exact) mass is 818 g/mol. The first kappa shape index (κ1) is 42.8. The lowest BCUT2D eigenvalue weighted by atomic mass is 9.97. The van der Waals surface area contributed by atoms with Gasteiger partial charge in [-0.2, -0.15) is 0 Å². The van der Waals surface area contributed by atoms with E-state index < -0.39 is 124 Å². The Morgan fingerprint density at radius 2 is 1.07 bits per heavy atom. The molecule has 3 fully saturated rings. The number of aliphatic hydroxyl groups excluding tert-OH is 11. The van der Waals surface area contributed by atoms with Crippen molar-refractivity contribution in [2.75, 3.05) is 34.0 Å². The highest BCUT2D eigenvalue weighted by Crippen LogP contribution is 2.48. The van der Waals surface area contributed by atoms with Crippen molar-refractivity contribution in [2.45, 2.75) is 98.2 Å². The van der Waals surface area contributed by atoms with Gasteiger partial charge in [-0.1, -0.05) is 0 Å². The third-order valence-corrected chi connectivity index (χ3v) is 9.99. The molecule has 2 aromatic carbocycles. The molecular weight excluding hydrogens is 772 g/mol. The first-order valence-electron chi connectivity index (χ1n) is 17.6. The summed E-state index contributed by atoms with van der Waals surface area (Å²) in [5.74, 6) is -1.59. The summed E-state index contributed by atoms with van der Waals surface area (Å²) >= 11 is 0. The van der Waals surface area contributed by atoms with Crippen LogP contribution in [0.1, 0.15) is 17.2 Å². The van der Waals surface area contributed by atoms with Gasteiger partial charge in [-0.3, -0.25) is 0 Å². The lowest BCUT2D eigenvalue weighted by Crippen LogP contribution is -2.64. The molecule has 0 saturated carbocycles. The lowest BCUT2D eigenvalue weighted by Gasteiger charge is -2.46. The van der Waals surface area contributed by atoms with Gasteiger partial charge in [0.25, 0.3) is 0 Å². The molecule has 6 rings (SSSR count). The van der Waals surface area contributed by atoms with Crippen LogP contribution in [0.15, 0.2) is 30.0 Å². The van der Waals surface area contributed by atoms with Crippen molar-refractivity contribution in [3.63, 3.8) is 0 Å². The maximum Gasteiger partial charge on any atom is 0.229 e. The van der Waals surface area contributed by atoms with Crippen molar-refractivity contribution in [3.8, 4) is 34.5 Å². The van der Waals surface area contributed by atoms with Gasteiger partial charge in [0.15, 0.2) is 30.0 Å². The van der Waals surface area contributed by atoms with Gasteiger partial charge in [-0.25, -0.2) is 0 Å². The van der Waals surface area contributed by atoms with Gasteiger partial charge in [0.1, 0.15) is 90.2 Å². The van der Waals surface area contributed by atoms with E-state index in [2.05, 4.69) is 0 Å². The minimum Gasteiger partial charge on any atom is -0.508 e. The summed E-state index contributed by atoms with van der Waals surface area (Å²) in [6, 6.07) is 4.94. The van der Waals surface area contributed by atoms with E-state index >= 15 is 0 Å². The smallest absolute Gasteiger partial charge is 0.229 e. The highest BCUT2D eigenvalue weighted by atomic mass is 16.8. The molecule has 0 radical (unpaired) electrons. The first-order valence-corrected chi connectivity index (χ1v) is 17.6. The zero-order chi connectivity index (χ0) is 41.5. The van der Waals surface area contributed by atoms with Crippen LogP contribution in [0.5, 0.6) is 34.5 Å². The van der Waals surface area contributed by atoms with E-state index in [9.17, 15) is 66.4 Å². The second-order valence-corrected chi connectivity index (χ2v) is 13.6. The molecule has 3 saturated heterocycles. The summed E-state index contributed by atoms with van der Waals surface area (Å²) in [5.41, 5.74) is 0.148. The number of ether oxygens (including phenoxy) is 9. The van der Waals surface area contributed by atoms with Gasteiger partial charge in [0.05, 0.1) is 39.6 Å². The minimum absolute atomic E-state index is 0.0183. The average Bonchev–Trinajstić information content (AvgIpc) is 3.20. The predicted octanol–water partition coefficient (Wildman–Crippen LogP) is -4.59. The van der Waals surface area contributed by atoms with Crippen molar-refractivity contribution in [3.05, 3.63) is 41.2 Å². The van der Waals surface area contributed by atoms with Gasteiger partial charge >= 0.3 is 0 Å². The zero-order valence-corrected chi connectivity index (χ0v) is 30.2. The Morgan fingerprint density at radius 1 is 0.561 bits per heavy atom. The Hall–Kier alpha value is -3.82. The third-order valence-electron chi connectivity index (χ3n) is 9.99. The van der Waals surface area contributed by atoms with Crippen LogP contribution in [0.2, 0.25) is 0 Å². The summed E-state index contributed by atoms with van der Waals surface area (Å²) in [6.07, 6.45) is -26.5. The van der Waals surface area contributed by atoms with Crippen LogP contribution in [0.4, 0.5) is 0 Å². The summed E-state index contributed by atoms with van der Waals surface area (Å²) in [5, 5.41) is 136. The van der Waals surface area contributed by atoms with Crippen LogP contribution in [-0.2, 0) is 23.7 Å². The molecule has 4 aliphatic heterocycles. The maximum atomic E-state index is 11.3. The molecule has 57 heavy (non-hydrogen) atoms. The number of phenols is 2. The number of rotatable bonds is 12. The van der Waals surface area contributed by atoms with Crippen LogP contribution >= 0.6 is 0 Å². The van der Waals surface area contributed by atoms with Crippen molar-refractivity contribution < 1.29 is 109 Å². The number of aromatic hydroxyl groups is 2. The van der Waals surface area contributed by atoms with Crippen molar-refractivity contribution in [2.24, 2.45) is 0 Å². The van der Waals surface area contributed by atoms with Crippen LogP contribution in [0.3, 0.4) is 0 Å². The molecule has 2 aromatic rings. The van der Waals surface area contributed by atoms with Crippen molar-refractivity contribution >= 4 is 6.08 Å². The average molecular weight is 819 g/mol. The molecule has 4 aliphatic rings. The van der Waals surface area contributed by atoms with E-state index in [1.165, 1.54) is 38.5 Å². The topological polar surface area (TPSA) is 346 Å². The normalized spacial score (nSPS) is 38.0. The standard InChI is InChI=1S/C35H46O22/c1-49-16-3-11(4-17(50-2)22(16)40)31-18(7-13-14(51-31)5-12(39)6-15(13)52-33-29(47)26(44)23(41)19(8-36)54-33)53-35-32(28(46)25(43)21(10-38)56-35)57-34-30(48)27(45)24(42)20(9-37)55-34/h3-7,19-21,23-48H,8-10H2,1-2H3. The van der Waals surface area contributed by atoms with E-state index in [1.807, 2.05) is 0 Å². The van der Waals surface area contributed by atoms with Gasteiger partial charge in [-0.15, -0.1) is 0 Å². The number of methoxy groups -OCH3 is 2. The number of hydrogen-bond acceptors (Lipinski definition) is 22. The fourth-order valence-electron chi connectivity index (χ4n) is 6.78. The first-order chi connectivity index (χ1) is 27.1. The fraction of sp³-hybridized carbons (Fsp3) is 0.600. The van der Waals surface area contributed by atoms with Crippen LogP contribution in [0.25, 0.3) is 6.08 Å². The van der Waals surface area contributed by atoms with Crippen molar-refractivity contribution in [1.82, 2.24) is 0 Å². The molecule has 13 N–H and O–H groups in total. The van der Waals surface area contributed by atoms with Crippen LogP contribution < -0.4 is 18.9 Å². The molecule has 16 unspecified atom stereocenters. The second-order valence-electron chi connectivity index (χ2n) is 13.6. The Kier molecular flexibility index (Phi) is 13.2. The minimum atomic E-state index is -1.97. The highest BCUT2D eigenvalue weighted by molar-refractivity contribution is 5.70. The van der Waals surface area contributed by atoms with E-state index in [4.69, 9.17) is 42.6 Å². The maximum absolute atomic E-state index is 11.3. The largest absolute Gasteiger partial charge is 0.508 e.